The highest BCUT2D eigenvalue weighted by Crippen LogP contribution is 2.29. The van der Waals surface area contributed by atoms with Gasteiger partial charge >= 0.3 is 0 Å². The summed E-state index contributed by atoms with van der Waals surface area (Å²) in [5.41, 5.74) is 0. The van der Waals surface area contributed by atoms with E-state index in [1.807, 2.05) is 0 Å². The number of piperazine rings is 2. The molecule has 23 heavy (non-hydrogen) atoms. The fourth-order valence-electron chi connectivity index (χ4n) is 3.92. The highest BCUT2D eigenvalue weighted by molar-refractivity contribution is 7.11. The first-order valence-corrected chi connectivity index (χ1v) is 8.91. The summed E-state index contributed by atoms with van der Waals surface area (Å²) in [4.78, 5) is 33.5. The lowest BCUT2D eigenvalue weighted by atomic mass is 10.0. The van der Waals surface area contributed by atoms with Crippen LogP contribution in [0.1, 0.15) is 16.2 Å². The molecule has 0 aromatic carbocycles. The smallest absolute Gasteiger partial charge is 0.247 e. The van der Waals surface area contributed by atoms with Gasteiger partial charge < -0.3 is 14.9 Å². The summed E-state index contributed by atoms with van der Waals surface area (Å²) in [6.07, 6.45) is -0.189. The van der Waals surface area contributed by atoms with Crippen LogP contribution in [0.25, 0.3) is 0 Å². The second-order valence-electron chi connectivity index (χ2n) is 6.69. The van der Waals surface area contributed by atoms with E-state index in [-0.39, 0.29) is 17.9 Å². The minimum atomic E-state index is -0.570. The Balaban J connectivity index is 1.50. The number of amides is 2. The van der Waals surface area contributed by atoms with E-state index in [4.69, 9.17) is 0 Å². The molecule has 6 nitrogen and oxygen atoms in total. The molecule has 4 heterocycles. The van der Waals surface area contributed by atoms with Gasteiger partial charge in [-0.2, -0.15) is 0 Å². The van der Waals surface area contributed by atoms with E-state index in [2.05, 4.69) is 24.0 Å². The van der Waals surface area contributed by atoms with Gasteiger partial charge in [0.15, 0.2) is 0 Å². The zero-order chi connectivity index (χ0) is 16.1. The van der Waals surface area contributed by atoms with Crippen LogP contribution in [0.2, 0.25) is 0 Å². The number of rotatable bonds is 2. The summed E-state index contributed by atoms with van der Waals surface area (Å²) in [7, 11) is 0. The molecule has 1 N–H and O–H groups in total. The number of hydrogen-bond donors (Lipinski definition) is 1. The van der Waals surface area contributed by atoms with Gasteiger partial charge in [-0.25, -0.2) is 0 Å². The summed E-state index contributed by atoms with van der Waals surface area (Å²) in [5.74, 6) is 0.0102. The molecule has 0 bridgehead atoms. The summed E-state index contributed by atoms with van der Waals surface area (Å²) in [6.45, 7) is 5.19. The highest BCUT2D eigenvalue weighted by atomic mass is 32.1. The van der Waals surface area contributed by atoms with Crippen LogP contribution in [-0.2, 0) is 16.1 Å². The minimum absolute atomic E-state index is 0.00166. The number of thiophene rings is 1. The third kappa shape index (κ3) is 2.56. The van der Waals surface area contributed by atoms with E-state index in [1.54, 1.807) is 21.1 Å². The van der Waals surface area contributed by atoms with Crippen LogP contribution >= 0.6 is 11.3 Å². The van der Waals surface area contributed by atoms with Crippen LogP contribution in [0.5, 0.6) is 0 Å². The van der Waals surface area contributed by atoms with Gasteiger partial charge in [-0.3, -0.25) is 14.5 Å². The second-order valence-corrected chi connectivity index (χ2v) is 8.06. The molecule has 3 saturated heterocycles. The fourth-order valence-corrected chi connectivity index (χ4v) is 4.86. The molecule has 1 aromatic heterocycles. The van der Waals surface area contributed by atoms with Crippen molar-refractivity contribution >= 4 is 23.2 Å². The number of nitrogens with zero attached hydrogens (tertiary/aromatic N) is 3. The van der Waals surface area contributed by atoms with E-state index < -0.39 is 12.1 Å². The summed E-state index contributed by atoms with van der Waals surface area (Å²) in [5, 5.41) is 9.80. The minimum Gasteiger partial charge on any atom is -0.391 e. The van der Waals surface area contributed by atoms with Crippen molar-refractivity contribution in [1.29, 1.82) is 0 Å². The van der Waals surface area contributed by atoms with E-state index in [0.29, 0.717) is 26.1 Å². The van der Waals surface area contributed by atoms with Gasteiger partial charge in [0.1, 0.15) is 12.1 Å². The Kier molecular flexibility index (Phi) is 3.66. The van der Waals surface area contributed by atoms with Gasteiger partial charge in [0.25, 0.3) is 0 Å². The zero-order valence-corrected chi connectivity index (χ0v) is 14.0. The molecule has 3 aliphatic rings. The molecule has 7 heteroatoms. The number of carbonyl (C=O) groups excluding carboxylic acids is 2. The quantitative estimate of drug-likeness (QED) is 0.829. The third-order valence-electron chi connectivity index (χ3n) is 5.06. The molecular formula is C16H21N3O3S. The van der Waals surface area contributed by atoms with Crippen molar-refractivity contribution < 1.29 is 14.7 Å². The molecular weight excluding hydrogens is 314 g/mol. The molecule has 3 fully saturated rings. The van der Waals surface area contributed by atoms with Crippen molar-refractivity contribution in [2.24, 2.45) is 0 Å². The average Bonchev–Trinajstić information content (AvgIpc) is 3.11. The molecule has 0 saturated carbocycles. The van der Waals surface area contributed by atoms with Crippen LogP contribution < -0.4 is 0 Å². The summed E-state index contributed by atoms with van der Waals surface area (Å²) >= 11 is 1.78. The summed E-state index contributed by atoms with van der Waals surface area (Å²) in [6, 6.07) is 3.41. The number of fused-ring (bicyclic) bond motifs is 2. The summed E-state index contributed by atoms with van der Waals surface area (Å²) < 4.78 is 0. The second kappa shape index (κ2) is 5.58. The van der Waals surface area contributed by atoms with Gasteiger partial charge in [-0.05, 0) is 19.1 Å². The monoisotopic (exact) mass is 335 g/mol. The standard InChI is InChI=1S/C16H21N3O3S/c1-10-2-3-12(23-10)8-17-4-5-18-14(9-17)16(22)19-7-11(20)6-13(19)15(18)21/h2-3,11,13-14,20H,4-9H2,1H3/t11-,13+,14-/m1/s1. The van der Waals surface area contributed by atoms with Crippen LogP contribution in [0.3, 0.4) is 0 Å². The molecule has 3 atom stereocenters. The lowest BCUT2D eigenvalue weighted by molar-refractivity contribution is -0.163. The number of aryl methyl sites for hydroxylation is 1. The number of carbonyl (C=O) groups is 2. The maximum Gasteiger partial charge on any atom is 0.247 e. The molecule has 0 unspecified atom stereocenters. The van der Waals surface area contributed by atoms with Crippen molar-refractivity contribution in [3.05, 3.63) is 21.9 Å². The van der Waals surface area contributed by atoms with E-state index in [9.17, 15) is 14.7 Å². The molecule has 0 radical (unpaired) electrons. The Morgan fingerprint density at radius 2 is 1.91 bits per heavy atom. The first-order chi connectivity index (χ1) is 11.0. The lowest BCUT2D eigenvalue weighted by Gasteiger charge is -2.47. The molecule has 3 aliphatic heterocycles. The van der Waals surface area contributed by atoms with Crippen LogP contribution in [0.4, 0.5) is 0 Å². The van der Waals surface area contributed by atoms with Crippen molar-refractivity contribution in [2.45, 2.75) is 38.1 Å². The van der Waals surface area contributed by atoms with E-state index in [1.165, 1.54) is 9.75 Å². The van der Waals surface area contributed by atoms with Gasteiger partial charge in [-0.15, -0.1) is 11.3 Å². The van der Waals surface area contributed by atoms with Gasteiger partial charge in [0.05, 0.1) is 6.10 Å². The molecule has 0 spiro atoms. The first-order valence-electron chi connectivity index (χ1n) is 8.09. The number of aliphatic hydroxyl groups excluding tert-OH is 1. The first kappa shape index (κ1) is 15.1. The molecule has 124 valence electrons. The molecule has 1 aromatic rings. The maximum absolute atomic E-state index is 12.7. The Bertz CT molecular complexity index is 646. The molecule has 2 amide bonds. The SMILES string of the molecule is Cc1ccc(CN2CCN3C(=O)[C@@H]4C[C@@H](O)CN4C(=O)[C@H]3C2)s1. The van der Waals surface area contributed by atoms with Crippen molar-refractivity contribution in [3.63, 3.8) is 0 Å². The Morgan fingerprint density at radius 1 is 1.13 bits per heavy atom. The molecule has 0 aliphatic carbocycles. The third-order valence-corrected chi connectivity index (χ3v) is 6.04. The molecule has 4 rings (SSSR count). The van der Waals surface area contributed by atoms with Crippen LogP contribution in [0, 0.1) is 6.92 Å². The van der Waals surface area contributed by atoms with Gasteiger partial charge in [0, 0.05) is 48.9 Å². The predicted octanol–water partition coefficient (Wildman–Crippen LogP) is 0.0447. The Labute approximate surface area is 139 Å². The Morgan fingerprint density at radius 3 is 2.65 bits per heavy atom. The fraction of sp³-hybridized carbons (Fsp3) is 0.625. The van der Waals surface area contributed by atoms with Crippen molar-refractivity contribution in [3.8, 4) is 0 Å². The predicted molar refractivity (Wildman–Crippen MR) is 86.0 cm³/mol. The lowest BCUT2D eigenvalue weighted by Crippen LogP contribution is -2.68. The largest absolute Gasteiger partial charge is 0.391 e. The number of hydrogen-bond acceptors (Lipinski definition) is 5. The van der Waals surface area contributed by atoms with E-state index >= 15 is 0 Å². The van der Waals surface area contributed by atoms with Crippen molar-refractivity contribution in [2.75, 3.05) is 26.2 Å². The highest BCUT2D eigenvalue weighted by Gasteiger charge is 2.51. The zero-order valence-electron chi connectivity index (χ0n) is 13.1. The number of aliphatic hydroxyl groups is 1. The topological polar surface area (TPSA) is 64.1 Å². The maximum atomic E-state index is 12.7. The van der Waals surface area contributed by atoms with Gasteiger partial charge in [-0.1, -0.05) is 0 Å². The van der Waals surface area contributed by atoms with Crippen molar-refractivity contribution in [1.82, 2.24) is 14.7 Å². The normalized spacial score (nSPS) is 31.5. The van der Waals surface area contributed by atoms with Crippen LogP contribution in [-0.4, -0.2) is 76.0 Å². The van der Waals surface area contributed by atoms with Gasteiger partial charge in [0.2, 0.25) is 11.8 Å². The van der Waals surface area contributed by atoms with E-state index in [0.717, 1.165) is 13.1 Å². The average molecular weight is 335 g/mol. The Hall–Kier alpha value is -1.44. The van der Waals surface area contributed by atoms with Crippen LogP contribution in [0.15, 0.2) is 12.1 Å².